The second kappa shape index (κ2) is 5.21. The first-order valence-corrected chi connectivity index (χ1v) is 7.14. The molecule has 21 heavy (non-hydrogen) atoms. The molecule has 6 heteroatoms. The lowest BCUT2D eigenvalue weighted by Gasteiger charge is -2.13. The van der Waals surface area contributed by atoms with Gasteiger partial charge in [-0.1, -0.05) is 12.1 Å². The average Bonchev–Trinajstić information content (AvgIpc) is 2.46. The number of nitrogens with one attached hydrogen (secondary N) is 2. The maximum atomic E-state index is 11.7. The van der Waals surface area contributed by atoms with Crippen LogP contribution in [0.5, 0.6) is 0 Å². The van der Waals surface area contributed by atoms with Crippen LogP contribution in [0.3, 0.4) is 0 Å². The monoisotopic (exact) mass is 344 g/mol. The summed E-state index contributed by atoms with van der Waals surface area (Å²) < 4.78 is 0.975. The van der Waals surface area contributed by atoms with Crippen LogP contribution in [0.25, 0.3) is 10.9 Å². The Bertz CT molecular complexity index is 888. The largest absolute Gasteiger partial charge is 0.397 e. The molecule has 0 aliphatic carbocycles. The van der Waals surface area contributed by atoms with Crippen LogP contribution >= 0.6 is 15.9 Å². The van der Waals surface area contributed by atoms with Gasteiger partial charge in [-0.15, -0.1) is 0 Å². The van der Waals surface area contributed by atoms with Crippen LogP contribution < -0.4 is 16.6 Å². The fraction of sp³-hybridized carbons (Fsp3) is 0.0667. The Morgan fingerprint density at radius 3 is 2.90 bits per heavy atom. The molecule has 4 N–H and O–H groups in total. The van der Waals surface area contributed by atoms with E-state index in [4.69, 9.17) is 5.73 Å². The lowest BCUT2D eigenvalue weighted by Crippen LogP contribution is -2.07. The summed E-state index contributed by atoms with van der Waals surface area (Å²) in [7, 11) is 0. The molecule has 0 spiro atoms. The number of aryl methyl sites for hydroxylation is 1. The van der Waals surface area contributed by atoms with E-state index in [0.717, 1.165) is 15.7 Å². The molecule has 3 aromatic rings. The molecule has 0 unspecified atom stereocenters. The summed E-state index contributed by atoms with van der Waals surface area (Å²) >= 11 is 3.55. The van der Waals surface area contributed by atoms with Crippen molar-refractivity contribution in [2.24, 2.45) is 0 Å². The molecule has 5 nitrogen and oxygen atoms in total. The van der Waals surface area contributed by atoms with E-state index in [9.17, 15) is 4.79 Å². The summed E-state index contributed by atoms with van der Waals surface area (Å²) in [5, 5.41) is 3.74. The fourth-order valence-electron chi connectivity index (χ4n) is 2.13. The number of anilines is 3. The summed E-state index contributed by atoms with van der Waals surface area (Å²) in [6.07, 6.45) is 1.38. The number of hydrogen-bond donors (Lipinski definition) is 3. The number of halogens is 1. The van der Waals surface area contributed by atoms with Crippen LogP contribution in [0.15, 0.2) is 45.9 Å². The molecule has 0 radical (unpaired) electrons. The molecule has 1 heterocycles. The Morgan fingerprint density at radius 2 is 2.10 bits per heavy atom. The van der Waals surface area contributed by atoms with Crippen molar-refractivity contribution in [1.29, 1.82) is 0 Å². The summed E-state index contributed by atoms with van der Waals surface area (Å²) in [4.78, 5) is 18.4. The third-order valence-electron chi connectivity index (χ3n) is 3.27. The highest BCUT2D eigenvalue weighted by molar-refractivity contribution is 9.10. The van der Waals surface area contributed by atoms with E-state index in [1.807, 2.05) is 25.1 Å². The number of rotatable bonds is 2. The zero-order valence-electron chi connectivity index (χ0n) is 11.3. The molecule has 0 saturated carbocycles. The van der Waals surface area contributed by atoms with Crippen LogP contribution in [-0.4, -0.2) is 9.97 Å². The van der Waals surface area contributed by atoms with Gasteiger partial charge in [-0.05, 0) is 46.6 Å². The van der Waals surface area contributed by atoms with Gasteiger partial charge in [0.2, 0.25) is 0 Å². The second-order valence-corrected chi connectivity index (χ2v) is 5.54. The molecule has 0 bridgehead atoms. The van der Waals surface area contributed by atoms with Gasteiger partial charge in [-0.25, -0.2) is 4.98 Å². The van der Waals surface area contributed by atoms with Crippen molar-refractivity contribution in [2.75, 3.05) is 11.1 Å². The van der Waals surface area contributed by atoms with Crippen molar-refractivity contribution >= 4 is 43.9 Å². The summed E-state index contributed by atoms with van der Waals surface area (Å²) in [6, 6.07) is 9.33. The summed E-state index contributed by atoms with van der Waals surface area (Å²) in [5.41, 5.74) is 9.67. The zero-order valence-corrected chi connectivity index (χ0v) is 12.9. The number of hydrogen-bond acceptors (Lipinski definition) is 4. The number of nitrogens with two attached hydrogens (primary N) is 1. The summed E-state index contributed by atoms with van der Waals surface area (Å²) in [5.74, 6) is 0. The molecular formula is C15H13BrN4O. The Labute approximate surface area is 129 Å². The topological polar surface area (TPSA) is 83.8 Å². The molecular weight excluding hydrogens is 332 g/mol. The first-order valence-electron chi connectivity index (χ1n) is 6.35. The highest BCUT2D eigenvalue weighted by Gasteiger charge is 2.08. The molecule has 0 atom stereocenters. The molecule has 0 aliphatic rings. The van der Waals surface area contributed by atoms with Crippen molar-refractivity contribution in [3.63, 3.8) is 0 Å². The Hall–Kier alpha value is -2.34. The van der Waals surface area contributed by atoms with Crippen LogP contribution in [0, 0.1) is 6.92 Å². The minimum Gasteiger partial charge on any atom is -0.397 e. The van der Waals surface area contributed by atoms with Crippen molar-refractivity contribution in [3.05, 3.63) is 57.0 Å². The molecule has 1 aromatic heterocycles. The highest BCUT2D eigenvalue weighted by Crippen LogP contribution is 2.32. The van der Waals surface area contributed by atoms with Gasteiger partial charge < -0.3 is 16.0 Å². The first kappa shape index (κ1) is 13.6. The smallest absolute Gasteiger partial charge is 0.258 e. The third kappa shape index (κ3) is 2.50. The maximum Gasteiger partial charge on any atom is 0.258 e. The van der Waals surface area contributed by atoms with E-state index in [2.05, 4.69) is 31.2 Å². The zero-order chi connectivity index (χ0) is 15.0. The highest BCUT2D eigenvalue weighted by atomic mass is 79.9. The second-order valence-electron chi connectivity index (χ2n) is 4.75. The van der Waals surface area contributed by atoms with Crippen molar-refractivity contribution in [2.45, 2.75) is 6.92 Å². The van der Waals surface area contributed by atoms with Gasteiger partial charge in [-0.3, -0.25) is 4.79 Å². The lowest BCUT2D eigenvalue weighted by atomic mass is 10.1. The minimum absolute atomic E-state index is 0.199. The minimum atomic E-state index is -0.199. The van der Waals surface area contributed by atoms with Gasteiger partial charge in [0.05, 0.1) is 34.3 Å². The fourth-order valence-corrected chi connectivity index (χ4v) is 2.49. The van der Waals surface area contributed by atoms with Crippen LogP contribution in [0.2, 0.25) is 0 Å². The third-order valence-corrected chi connectivity index (χ3v) is 4.33. The summed E-state index contributed by atoms with van der Waals surface area (Å²) in [6.45, 7) is 2.01. The van der Waals surface area contributed by atoms with Crippen LogP contribution in [0.1, 0.15) is 5.56 Å². The normalized spacial score (nSPS) is 10.8. The molecule has 0 amide bonds. The van der Waals surface area contributed by atoms with Gasteiger partial charge in [0.1, 0.15) is 0 Å². The van der Waals surface area contributed by atoms with Gasteiger partial charge >= 0.3 is 0 Å². The molecule has 3 rings (SSSR count). The Morgan fingerprint density at radius 1 is 1.29 bits per heavy atom. The number of aromatic nitrogens is 2. The van der Waals surface area contributed by atoms with Gasteiger partial charge in [0, 0.05) is 4.47 Å². The quantitative estimate of drug-likeness (QED) is 0.622. The van der Waals surface area contributed by atoms with E-state index >= 15 is 0 Å². The predicted molar refractivity (Wildman–Crippen MR) is 88.9 cm³/mol. The van der Waals surface area contributed by atoms with Gasteiger partial charge in [-0.2, -0.15) is 0 Å². The number of aromatic amines is 1. The number of benzene rings is 2. The SMILES string of the molecule is Cc1cccc(Nc2cc3nc[nH]c(=O)c3cc2N)c1Br. The van der Waals surface area contributed by atoms with Crippen molar-refractivity contribution in [3.8, 4) is 0 Å². The van der Waals surface area contributed by atoms with E-state index < -0.39 is 0 Å². The lowest BCUT2D eigenvalue weighted by molar-refractivity contribution is 1.17. The van der Waals surface area contributed by atoms with Crippen molar-refractivity contribution in [1.82, 2.24) is 9.97 Å². The molecule has 0 saturated heterocycles. The van der Waals surface area contributed by atoms with Gasteiger partial charge in [0.25, 0.3) is 5.56 Å². The van der Waals surface area contributed by atoms with E-state index in [-0.39, 0.29) is 5.56 Å². The van der Waals surface area contributed by atoms with Crippen molar-refractivity contribution < 1.29 is 0 Å². The van der Waals surface area contributed by atoms with Crippen LogP contribution in [0.4, 0.5) is 17.1 Å². The molecule has 0 fully saturated rings. The number of H-pyrrole nitrogens is 1. The van der Waals surface area contributed by atoms with Crippen LogP contribution in [-0.2, 0) is 0 Å². The maximum absolute atomic E-state index is 11.7. The Kier molecular flexibility index (Phi) is 3.39. The average molecular weight is 345 g/mol. The standard InChI is InChI=1S/C15H13BrN4O/c1-8-3-2-4-11(14(8)16)20-13-6-12-9(5-10(13)17)15(21)19-7-18-12/h2-7,20H,17H2,1H3,(H,18,19,21). The predicted octanol–water partition coefficient (Wildman–Crippen LogP) is 3.32. The molecule has 0 aliphatic heterocycles. The molecule has 106 valence electrons. The molecule has 2 aromatic carbocycles. The number of nitrogens with zero attached hydrogens (tertiary/aromatic N) is 1. The van der Waals surface area contributed by atoms with E-state index in [0.29, 0.717) is 22.3 Å². The number of nitrogen functional groups attached to an aromatic ring is 1. The first-order chi connectivity index (χ1) is 10.1. The number of fused-ring (bicyclic) bond motifs is 1. The van der Waals surface area contributed by atoms with E-state index in [1.54, 1.807) is 12.1 Å². The Balaban J connectivity index is 2.11. The van der Waals surface area contributed by atoms with Gasteiger partial charge in [0.15, 0.2) is 0 Å². The van der Waals surface area contributed by atoms with E-state index in [1.165, 1.54) is 6.33 Å².